The summed E-state index contributed by atoms with van der Waals surface area (Å²) in [5.41, 5.74) is 6.58. The van der Waals surface area contributed by atoms with Crippen molar-refractivity contribution in [3.8, 4) is 11.1 Å². The highest BCUT2D eigenvalue weighted by atomic mass is 28.3. The van der Waals surface area contributed by atoms with Crippen LogP contribution in [-0.4, -0.2) is 8.07 Å². The molecule has 0 atom stereocenters. The monoisotopic (exact) mass is 328 g/mol. The fourth-order valence-corrected chi connectivity index (χ4v) is 9.77. The smallest absolute Gasteiger partial charge is 0.0674 e. The molecule has 4 rings (SSSR count). The second-order valence-corrected chi connectivity index (χ2v) is 11.7. The van der Waals surface area contributed by atoms with Gasteiger partial charge in [-0.25, -0.2) is 0 Å². The molecule has 0 aliphatic heterocycles. The molecular weight excluding hydrogens is 304 g/mol. The summed E-state index contributed by atoms with van der Waals surface area (Å²) < 4.78 is 0. The van der Waals surface area contributed by atoms with Crippen LogP contribution < -0.4 is 5.19 Å². The minimum atomic E-state index is -1.69. The zero-order valence-corrected chi connectivity index (χ0v) is 15.5. The topological polar surface area (TPSA) is 0 Å². The highest BCUT2D eigenvalue weighted by Crippen LogP contribution is 2.50. The van der Waals surface area contributed by atoms with Crippen molar-refractivity contribution in [2.75, 3.05) is 0 Å². The molecule has 0 bridgehead atoms. The minimum absolute atomic E-state index is 0.572. The zero-order valence-electron chi connectivity index (χ0n) is 14.5. The summed E-state index contributed by atoms with van der Waals surface area (Å²) in [4.78, 5) is 0. The van der Waals surface area contributed by atoms with Gasteiger partial charge < -0.3 is 0 Å². The van der Waals surface area contributed by atoms with Crippen LogP contribution in [0.25, 0.3) is 11.1 Å². The van der Waals surface area contributed by atoms with Crippen molar-refractivity contribution in [2.24, 2.45) is 0 Å². The van der Waals surface area contributed by atoms with E-state index in [1.165, 1.54) is 23.2 Å². The van der Waals surface area contributed by atoms with E-state index in [1.54, 1.807) is 16.3 Å². The van der Waals surface area contributed by atoms with E-state index in [-0.39, 0.29) is 0 Å². The molecule has 0 saturated carbocycles. The molecule has 0 spiro atoms. The molecule has 3 aromatic carbocycles. The predicted octanol–water partition coefficient (Wildman–Crippen LogP) is 5.73. The Hall–Kier alpha value is -2.12. The van der Waals surface area contributed by atoms with E-state index < -0.39 is 8.07 Å². The van der Waals surface area contributed by atoms with Crippen LogP contribution in [0.4, 0.5) is 0 Å². The fourth-order valence-electron chi connectivity index (χ4n) is 4.75. The van der Waals surface area contributed by atoms with Gasteiger partial charge in [-0.15, -0.1) is 0 Å². The van der Waals surface area contributed by atoms with Crippen LogP contribution in [0.15, 0.2) is 78.9 Å². The third-order valence-corrected chi connectivity index (χ3v) is 11.7. The van der Waals surface area contributed by atoms with E-state index in [2.05, 4.69) is 92.7 Å². The van der Waals surface area contributed by atoms with Crippen molar-refractivity contribution in [1.82, 2.24) is 0 Å². The van der Waals surface area contributed by atoms with E-state index in [9.17, 15) is 0 Å². The molecule has 120 valence electrons. The average Bonchev–Trinajstić information content (AvgIpc) is 3.00. The summed E-state index contributed by atoms with van der Waals surface area (Å²) in [7, 11) is -1.69. The van der Waals surface area contributed by atoms with Gasteiger partial charge in [0.15, 0.2) is 0 Å². The molecule has 24 heavy (non-hydrogen) atoms. The van der Waals surface area contributed by atoms with Gasteiger partial charge in [-0.3, -0.25) is 0 Å². The Morgan fingerprint density at radius 2 is 1.08 bits per heavy atom. The molecule has 0 unspecified atom stereocenters. The summed E-state index contributed by atoms with van der Waals surface area (Å²) in [6, 6.07) is 32.0. The summed E-state index contributed by atoms with van der Waals surface area (Å²) in [6.45, 7) is 4.82. The molecule has 0 heterocycles. The third-order valence-electron chi connectivity index (χ3n) is 6.00. The number of hydrogen-bond donors (Lipinski definition) is 0. The third kappa shape index (κ3) is 2.11. The average molecular weight is 329 g/mol. The van der Waals surface area contributed by atoms with Crippen molar-refractivity contribution >= 4 is 13.3 Å². The van der Waals surface area contributed by atoms with Gasteiger partial charge in [-0.05, 0) is 22.3 Å². The molecule has 0 saturated heterocycles. The molecule has 0 radical (unpaired) electrons. The van der Waals surface area contributed by atoms with Crippen LogP contribution in [0.1, 0.15) is 30.5 Å². The number of hydrogen-bond acceptors (Lipinski definition) is 0. The second-order valence-electron chi connectivity index (χ2n) is 6.84. The molecule has 0 aromatic heterocycles. The van der Waals surface area contributed by atoms with Gasteiger partial charge in [0, 0.05) is 5.54 Å². The Labute approximate surface area is 146 Å². The maximum absolute atomic E-state index is 2.41. The lowest BCUT2D eigenvalue weighted by Gasteiger charge is -2.37. The summed E-state index contributed by atoms with van der Waals surface area (Å²) >= 11 is 0. The van der Waals surface area contributed by atoms with Crippen molar-refractivity contribution in [3.05, 3.63) is 90.0 Å². The van der Waals surface area contributed by atoms with Crippen LogP contribution in [0.2, 0.25) is 12.1 Å². The standard InChI is InChI=1S/C23H24Si/c1-3-24(4-2,18-12-6-5-7-13-18)23-21-16-10-8-14-19(21)20-15-9-11-17-22(20)23/h5-17,23H,3-4H2,1-2H3. The first-order valence-electron chi connectivity index (χ1n) is 9.05. The van der Waals surface area contributed by atoms with Gasteiger partial charge in [0.25, 0.3) is 0 Å². The number of benzene rings is 3. The first kappa shape index (κ1) is 15.4. The molecule has 0 fully saturated rings. The Kier molecular flexibility index (Phi) is 3.89. The van der Waals surface area contributed by atoms with Gasteiger partial charge in [-0.2, -0.15) is 0 Å². The maximum Gasteiger partial charge on any atom is 0.0982 e. The second kappa shape index (κ2) is 6.07. The van der Waals surface area contributed by atoms with E-state index in [1.807, 2.05) is 0 Å². The first-order chi connectivity index (χ1) is 11.8. The Balaban J connectivity index is 2.00. The van der Waals surface area contributed by atoms with Crippen molar-refractivity contribution in [2.45, 2.75) is 31.5 Å². The Morgan fingerprint density at radius 3 is 1.58 bits per heavy atom. The highest BCUT2D eigenvalue weighted by Gasteiger charge is 2.45. The Morgan fingerprint density at radius 1 is 0.625 bits per heavy atom. The SMILES string of the molecule is CC[Si](CC)(c1ccccc1)C1c2ccccc2-c2ccccc21. The Bertz CT molecular complexity index is 801. The largest absolute Gasteiger partial charge is 0.0982 e. The van der Waals surface area contributed by atoms with Crippen LogP contribution in [0.3, 0.4) is 0 Å². The van der Waals surface area contributed by atoms with Crippen LogP contribution in [0.5, 0.6) is 0 Å². The van der Waals surface area contributed by atoms with E-state index in [0.717, 1.165) is 0 Å². The minimum Gasteiger partial charge on any atom is -0.0674 e. The molecular formula is C23H24Si. The zero-order chi connectivity index (χ0) is 16.6. The molecule has 1 aliphatic rings. The first-order valence-corrected chi connectivity index (χ1v) is 11.5. The summed E-state index contributed by atoms with van der Waals surface area (Å²) in [5.74, 6) is 0. The van der Waals surface area contributed by atoms with Crippen LogP contribution >= 0.6 is 0 Å². The summed E-state index contributed by atoms with van der Waals surface area (Å²) in [5, 5.41) is 1.60. The quantitative estimate of drug-likeness (QED) is 0.536. The molecule has 1 heteroatoms. The lowest BCUT2D eigenvalue weighted by Crippen LogP contribution is -2.52. The van der Waals surface area contributed by atoms with E-state index in [0.29, 0.717) is 5.54 Å². The van der Waals surface area contributed by atoms with Crippen molar-refractivity contribution in [1.29, 1.82) is 0 Å². The molecule has 1 aliphatic carbocycles. The van der Waals surface area contributed by atoms with Gasteiger partial charge in [0.05, 0.1) is 8.07 Å². The molecule has 0 amide bonds. The molecule has 3 aromatic rings. The molecule has 0 nitrogen and oxygen atoms in total. The maximum atomic E-state index is 2.41. The van der Waals surface area contributed by atoms with Gasteiger partial charge >= 0.3 is 0 Å². The predicted molar refractivity (Wildman–Crippen MR) is 107 cm³/mol. The van der Waals surface area contributed by atoms with Gasteiger partial charge in [-0.1, -0.05) is 110 Å². The van der Waals surface area contributed by atoms with Gasteiger partial charge in [0.1, 0.15) is 0 Å². The number of fused-ring (bicyclic) bond motifs is 3. The summed E-state index contributed by atoms with van der Waals surface area (Å²) in [6.07, 6.45) is 0. The normalized spacial score (nSPS) is 13.6. The van der Waals surface area contributed by atoms with Crippen LogP contribution in [-0.2, 0) is 0 Å². The molecule has 0 N–H and O–H groups in total. The van der Waals surface area contributed by atoms with E-state index in [4.69, 9.17) is 0 Å². The van der Waals surface area contributed by atoms with E-state index >= 15 is 0 Å². The fraction of sp³-hybridized carbons (Fsp3) is 0.217. The van der Waals surface area contributed by atoms with Crippen LogP contribution in [0, 0.1) is 0 Å². The number of rotatable bonds is 4. The van der Waals surface area contributed by atoms with Gasteiger partial charge in [0.2, 0.25) is 0 Å². The van der Waals surface area contributed by atoms with Crippen molar-refractivity contribution in [3.63, 3.8) is 0 Å². The lowest BCUT2D eigenvalue weighted by molar-refractivity contribution is 1.06. The van der Waals surface area contributed by atoms with Crippen molar-refractivity contribution < 1.29 is 0 Å². The highest BCUT2D eigenvalue weighted by molar-refractivity contribution is 6.93. The lowest BCUT2D eigenvalue weighted by atomic mass is 10.1.